The van der Waals surface area contributed by atoms with Crippen LogP contribution in [0, 0.1) is 13.8 Å². The molecule has 7 nitrogen and oxygen atoms in total. The van der Waals surface area contributed by atoms with E-state index in [1.807, 2.05) is 17.5 Å². The number of fused-ring (bicyclic) bond motifs is 1. The van der Waals surface area contributed by atoms with Crippen LogP contribution < -0.4 is 5.32 Å². The van der Waals surface area contributed by atoms with Crippen LogP contribution in [0.5, 0.6) is 0 Å². The molecule has 0 fully saturated rings. The maximum absolute atomic E-state index is 4.54. The van der Waals surface area contributed by atoms with Gasteiger partial charge in [-0.05, 0) is 27.2 Å². The van der Waals surface area contributed by atoms with Gasteiger partial charge in [-0.15, -0.1) is 10.2 Å². The fourth-order valence-corrected chi connectivity index (χ4v) is 2.59. The van der Waals surface area contributed by atoms with E-state index in [0.29, 0.717) is 0 Å². The van der Waals surface area contributed by atoms with Crippen molar-refractivity contribution in [1.29, 1.82) is 0 Å². The summed E-state index contributed by atoms with van der Waals surface area (Å²) < 4.78 is 3.92. The van der Waals surface area contributed by atoms with E-state index in [1.54, 1.807) is 12.5 Å². The molecule has 0 aliphatic heterocycles. The first-order valence-corrected chi connectivity index (χ1v) is 7.57. The number of rotatable bonds is 5. The van der Waals surface area contributed by atoms with Crippen molar-refractivity contribution in [3.63, 3.8) is 0 Å². The van der Waals surface area contributed by atoms with Crippen molar-refractivity contribution in [1.82, 2.24) is 29.4 Å². The molecular weight excluding hydrogens is 278 g/mol. The van der Waals surface area contributed by atoms with E-state index in [1.165, 1.54) is 0 Å². The lowest BCUT2D eigenvalue weighted by molar-refractivity contribution is 0.612. The first-order chi connectivity index (χ1) is 10.6. The average molecular weight is 299 g/mol. The zero-order valence-corrected chi connectivity index (χ0v) is 13.4. The van der Waals surface area contributed by atoms with Crippen LogP contribution in [0.1, 0.15) is 43.4 Å². The molecule has 3 rings (SSSR count). The molecule has 0 saturated carbocycles. The molecule has 1 unspecified atom stereocenters. The number of aryl methyl sites for hydroxylation is 2. The summed E-state index contributed by atoms with van der Waals surface area (Å²) in [4.78, 5) is 4.54. The minimum absolute atomic E-state index is 0.0296. The number of aromatic nitrogens is 6. The van der Waals surface area contributed by atoms with Crippen molar-refractivity contribution < 1.29 is 0 Å². The van der Waals surface area contributed by atoms with E-state index in [9.17, 15) is 0 Å². The summed E-state index contributed by atoms with van der Waals surface area (Å²) in [6.07, 6.45) is 4.59. The Labute approximate surface area is 129 Å². The Morgan fingerprint density at radius 2 is 2.14 bits per heavy atom. The van der Waals surface area contributed by atoms with Gasteiger partial charge in [0.15, 0.2) is 11.5 Å². The van der Waals surface area contributed by atoms with Gasteiger partial charge >= 0.3 is 0 Å². The Morgan fingerprint density at radius 1 is 1.32 bits per heavy atom. The smallest absolute Gasteiger partial charge is 0.157 e. The molecule has 1 N–H and O–H groups in total. The van der Waals surface area contributed by atoms with E-state index in [-0.39, 0.29) is 6.04 Å². The summed E-state index contributed by atoms with van der Waals surface area (Å²) in [6.45, 7) is 9.21. The fourth-order valence-electron chi connectivity index (χ4n) is 2.59. The average Bonchev–Trinajstić information content (AvgIpc) is 3.13. The summed E-state index contributed by atoms with van der Waals surface area (Å²) in [6, 6.07) is 1.93. The zero-order valence-electron chi connectivity index (χ0n) is 13.4. The number of hydrogen-bond donors (Lipinski definition) is 1. The number of hydrogen-bond acceptors (Lipinski definition) is 5. The highest BCUT2D eigenvalue weighted by Crippen LogP contribution is 2.23. The van der Waals surface area contributed by atoms with Crippen LogP contribution in [-0.4, -0.2) is 29.4 Å². The van der Waals surface area contributed by atoms with Crippen LogP contribution in [0.2, 0.25) is 0 Å². The highest BCUT2D eigenvalue weighted by Gasteiger charge is 2.17. The Bertz CT molecular complexity index is 786. The summed E-state index contributed by atoms with van der Waals surface area (Å²) in [5.41, 5.74) is 2.93. The molecule has 0 aliphatic rings. The second-order valence-electron chi connectivity index (χ2n) is 5.52. The van der Waals surface area contributed by atoms with E-state index in [0.717, 1.165) is 41.5 Å². The van der Waals surface area contributed by atoms with Crippen LogP contribution in [0.3, 0.4) is 0 Å². The Morgan fingerprint density at radius 3 is 2.91 bits per heavy atom. The quantitative estimate of drug-likeness (QED) is 0.783. The molecule has 3 heterocycles. The highest BCUT2D eigenvalue weighted by atomic mass is 15.3. The standard InChI is InChI=1S/C15H21N7/c1-5-8-21-9-16-20-15(21)12(4)19-14-10(2)11(3)18-13-6-7-17-22(13)14/h6-7,9,12,19H,5,8H2,1-4H3. The Balaban J connectivity index is 1.97. The van der Waals surface area contributed by atoms with Gasteiger partial charge in [0.05, 0.1) is 12.2 Å². The van der Waals surface area contributed by atoms with Crippen molar-refractivity contribution in [2.24, 2.45) is 0 Å². The molecule has 0 aliphatic carbocycles. The second kappa shape index (κ2) is 5.75. The molecule has 0 spiro atoms. The molecule has 7 heteroatoms. The van der Waals surface area contributed by atoms with Gasteiger partial charge in [-0.3, -0.25) is 0 Å². The van der Waals surface area contributed by atoms with E-state index in [2.05, 4.69) is 50.9 Å². The van der Waals surface area contributed by atoms with E-state index in [4.69, 9.17) is 0 Å². The number of nitrogens with one attached hydrogen (secondary N) is 1. The predicted octanol–water partition coefficient (Wildman–Crippen LogP) is 2.52. The monoisotopic (exact) mass is 299 g/mol. The van der Waals surface area contributed by atoms with Crippen molar-refractivity contribution in [2.45, 2.75) is 46.7 Å². The zero-order chi connectivity index (χ0) is 15.7. The lowest BCUT2D eigenvalue weighted by Gasteiger charge is -2.18. The minimum atomic E-state index is 0.0296. The summed E-state index contributed by atoms with van der Waals surface area (Å²) in [5.74, 6) is 1.88. The maximum atomic E-state index is 4.54. The van der Waals surface area contributed by atoms with Crippen LogP contribution >= 0.6 is 0 Å². The lowest BCUT2D eigenvalue weighted by Crippen LogP contribution is -2.17. The largest absolute Gasteiger partial charge is 0.360 e. The first-order valence-electron chi connectivity index (χ1n) is 7.57. The fraction of sp³-hybridized carbons (Fsp3) is 0.467. The van der Waals surface area contributed by atoms with Gasteiger partial charge in [0.2, 0.25) is 0 Å². The van der Waals surface area contributed by atoms with Crippen molar-refractivity contribution in [3.05, 3.63) is 35.7 Å². The Hall–Kier alpha value is -2.44. The lowest BCUT2D eigenvalue weighted by atomic mass is 10.2. The number of anilines is 1. The summed E-state index contributed by atoms with van der Waals surface area (Å²) in [7, 11) is 0. The molecule has 0 radical (unpaired) electrons. The topological polar surface area (TPSA) is 72.9 Å². The minimum Gasteiger partial charge on any atom is -0.360 e. The van der Waals surface area contributed by atoms with Crippen molar-refractivity contribution >= 4 is 11.5 Å². The molecule has 1 atom stereocenters. The van der Waals surface area contributed by atoms with Crippen LogP contribution in [0.25, 0.3) is 5.65 Å². The van der Waals surface area contributed by atoms with Gasteiger partial charge in [0.25, 0.3) is 0 Å². The molecular formula is C15H21N7. The highest BCUT2D eigenvalue weighted by molar-refractivity contribution is 5.55. The molecule has 22 heavy (non-hydrogen) atoms. The van der Waals surface area contributed by atoms with E-state index < -0.39 is 0 Å². The van der Waals surface area contributed by atoms with Gasteiger partial charge in [0.1, 0.15) is 12.1 Å². The third-order valence-corrected chi connectivity index (χ3v) is 3.87. The molecule has 0 bridgehead atoms. The normalized spacial score (nSPS) is 12.7. The van der Waals surface area contributed by atoms with Crippen LogP contribution in [0.4, 0.5) is 5.82 Å². The molecule has 116 valence electrons. The molecule has 0 amide bonds. The summed E-state index contributed by atoms with van der Waals surface area (Å²) >= 11 is 0. The SMILES string of the molecule is CCCn1cnnc1C(C)Nc1c(C)c(C)nc2ccnn12. The third kappa shape index (κ3) is 2.43. The number of nitrogens with zero attached hydrogens (tertiary/aromatic N) is 6. The van der Waals surface area contributed by atoms with Crippen LogP contribution in [0.15, 0.2) is 18.6 Å². The van der Waals surface area contributed by atoms with Crippen molar-refractivity contribution in [3.8, 4) is 0 Å². The molecule has 3 aromatic rings. The van der Waals surface area contributed by atoms with Gasteiger partial charge in [0, 0.05) is 23.9 Å². The third-order valence-electron chi connectivity index (χ3n) is 3.87. The van der Waals surface area contributed by atoms with Gasteiger partial charge in [-0.1, -0.05) is 6.92 Å². The predicted molar refractivity (Wildman–Crippen MR) is 84.8 cm³/mol. The van der Waals surface area contributed by atoms with E-state index >= 15 is 0 Å². The van der Waals surface area contributed by atoms with Gasteiger partial charge in [-0.2, -0.15) is 9.61 Å². The van der Waals surface area contributed by atoms with Crippen LogP contribution in [-0.2, 0) is 6.54 Å². The van der Waals surface area contributed by atoms with Gasteiger partial charge in [-0.25, -0.2) is 4.98 Å². The first kappa shape index (κ1) is 14.5. The van der Waals surface area contributed by atoms with Gasteiger partial charge < -0.3 is 9.88 Å². The molecule has 0 saturated heterocycles. The maximum Gasteiger partial charge on any atom is 0.157 e. The Kier molecular flexibility index (Phi) is 3.79. The summed E-state index contributed by atoms with van der Waals surface area (Å²) in [5, 5.41) is 16.2. The van der Waals surface area contributed by atoms with Crippen molar-refractivity contribution in [2.75, 3.05) is 5.32 Å². The molecule has 0 aromatic carbocycles. The second-order valence-corrected chi connectivity index (χ2v) is 5.52. The molecule has 3 aromatic heterocycles.